The number of esters is 1. The molecule has 1 aromatic carbocycles. The van der Waals surface area contributed by atoms with E-state index in [9.17, 15) is 4.79 Å². The van der Waals surface area contributed by atoms with Gasteiger partial charge in [-0.3, -0.25) is 0 Å². The minimum atomic E-state index is -0.452. The topological polar surface area (TPSA) is 51.5 Å². The molecule has 0 aliphatic rings. The van der Waals surface area contributed by atoms with Gasteiger partial charge >= 0.3 is 5.97 Å². The summed E-state index contributed by atoms with van der Waals surface area (Å²) < 4.78 is 10.3. The second-order valence-electron chi connectivity index (χ2n) is 4.92. The van der Waals surface area contributed by atoms with Crippen molar-refractivity contribution in [2.45, 2.75) is 26.8 Å². The number of benzene rings is 1. The van der Waals surface area contributed by atoms with Crippen LogP contribution in [0.3, 0.4) is 0 Å². The second kappa shape index (κ2) is 6.22. The molecule has 0 aliphatic carbocycles. The summed E-state index contributed by atoms with van der Waals surface area (Å²) >= 11 is 6.01. The van der Waals surface area contributed by atoms with Gasteiger partial charge in [-0.2, -0.15) is 0 Å². The summed E-state index contributed by atoms with van der Waals surface area (Å²) in [6.07, 6.45) is 0. The first kappa shape index (κ1) is 15.4. The molecule has 1 heterocycles. The number of carbonyl (C=O) groups excluding carboxylic acids is 1. The highest BCUT2D eigenvalue weighted by atomic mass is 35.5. The van der Waals surface area contributed by atoms with E-state index in [1.165, 1.54) is 7.11 Å². The van der Waals surface area contributed by atoms with Crippen LogP contribution in [0, 0.1) is 13.8 Å². The molecule has 0 fully saturated rings. The van der Waals surface area contributed by atoms with E-state index in [2.05, 4.69) is 5.32 Å². The maximum atomic E-state index is 11.7. The third kappa shape index (κ3) is 3.39. The molecule has 5 heteroatoms. The number of furan rings is 1. The number of nitrogens with one attached hydrogen (secondary N) is 1. The zero-order chi connectivity index (χ0) is 15.6. The molecule has 112 valence electrons. The van der Waals surface area contributed by atoms with E-state index in [1.54, 1.807) is 12.1 Å². The van der Waals surface area contributed by atoms with E-state index < -0.39 is 5.97 Å². The molecule has 21 heavy (non-hydrogen) atoms. The number of methoxy groups -OCH3 is 1. The van der Waals surface area contributed by atoms with Crippen LogP contribution < -0.4 is 5.32 Å². The lowest BCUT2D eigenvalue weighted by Gasteiger charge is -2.15. The highest BCUT2D eigenvalue weighted by molar-refractivity contribution is 6.33. The fraction of sp³-hybridized carbons (Fsp3) is 0.312. The van der Waals surface area contributed by atoms with Crippen LogP contribution in [0.4, 0.5) is 5.69 Å². The summed E-state index contributed by atoms with van der Waals surface area (Å²) in [5.41, 5.74) is 2.23. The molecule has 4 nitrogen and oxygen atoms in total. The van der Waals surface area contributed by atoms with E-state index in [-0.39, 0.29) is 6.04 Å². The third-order valence-electron chi connectivity index (χ3n) is 3.30. The number of aryl methyl sites for hydroxylation is 2. The van der Waals surface area contributed by atoms with E-state index >= 15 is 0 Å². The lowest BCUT2D eigenvalue weighted by atomic mass is 10.1. The Morgan fingerprint density at radius 2 is 2.05 bits per heavy atom. The van der Waals surface area contributed by atoms with Crippen molar-refractivity contribution in [2.75, 3.05) is 12.4 Å². The lowest BCUT2D eigenvalue weighted by Crippen LogP contribution is -2.08. The molecule has 1 N–H and O–H groups in total. The molecule has 0 spiro atoms. The predicted molar refractivity (Wildman–Crippen MR) is 83.0 cm³/mol. The van der Waals surface area contributed by atoms with Gasteiger partial charge in [0.15, 0.2) is 0 Å². The predicted octanol–water partition coefficient (Wildman–Crippen LogP) is 4.51. The number of anilines is 1. The molecule has 0 bridgehead atoms. The van der Waals surface area contributed by atoms with Crippen LogP contribution in [-0.2, 0) is 4.74 Å². The third-order valence-corrected chi connectivity index (χ3v) is 3.63. The van der Waals surface area contributed by atoms with Crippen LogP contribution in [0.2, 0.25) is 5.02 Å². The van der Waals surface area contributed by atoms with Crippen molar-refractivity contribution in [2.24, 2.45) is 0 Å². The second-order valence-corrected chi connectivity index (χ2v) is 5.33. The normalized spacial score (nSPS) is 12.0. The number of carbonyl (C=O) groups is 1. The summed E-state index contributed by atoms with van der Waals surface area (Å²) in [7, 11) is 1.33. The maximum absolute atomic E-state index is 11.7. The first-order chi connectivity index (χ1) is 9.92. The Hall–Kier alpha value is -1.94. The Kier molecular flexibility index (Phi) is 4.58. The molecule has 0 saturated carbocycles. The zero-order valence-electron chi connectivity index (χ0n) is 12.5. The van der Waals surface area contributed by atoms with Crippen LogP contribution >= 0.6 is 11.6 Å². The lowest BCUT2D eigenvalue weighted by molar-refractivity contribution is 0.0601. The molecule has 0 saturated heterocycles. The maximum Gasteiger partial charge on any atom is 0.339 e. The largest absolute Gasteiger partial charge is 0.466 e. The van der Waals surface area contributed by atoms with E-state index in [0.717, 1.165) is 22.8 Å². The van der Waals surface area contributed by atoms with Crippen molar-refractivity contribution < 1.29 is 13.9 Å². The Balaban J connectivity index is 2.23. The Morgan fingerprint density at radius 3 is 2.62 bits per heavy atom. The average molecular weight is 308 g/mol. The molecular weight excluding hydrogens is 290 g/mol. The minimum Gasteiger partial charge on any atom is -0.466 e. The van der Waals surface area contributed by atoms with E-state index in [1.807, 2.05) is 32.9 Å². The first-order valence-electron chi connectivity index (χ1n) is 6.63. The number of hydrogen-bond acceptors (Lipinski definition) is 4. The van der Waals surface area contributed by atoms with Gasteiger partial charge in [-0.05, 0) is 45.0 Å². The smallest absolute Gasteiger partial charge is 0.339 e. The van der Waals surface area contributed by atoms with Gasteiger partial charge in [-0.1, -0.05) is 11.6 Å². The molecule has 0 aliphatic heterocycles. The van der Waals surface area contributed by atoms with Crippen LogP contribution in [0.5, 0.6) is 0 Å². The van der Waals surface area contributed by atoms with Gasteiger partial charge in [-0.15, -0.1) is 0 Å². The molecule has 1 atom stereocenters. The van der Waals surface area contributed by atoms with Crippen LogP contribution in [0.15, 0.2) is 28.7 Å². The standard InChI is InChI=1S/C16H18ClNO3/c1-9-7-13(11(3)21-9)10(2)18-12-5-6-15(17)14(8-12)16(19)20-4/h5-8,10,18H,1-4H3. The van der Waals surface area contributed by atoms with Crippen molar-refractivity contribution >= 4 is 23.3 Å². The van der Waals surface area contributed by atoms with Gasteiger partial charge < -0.3 is 14.5 Å². The average Bonchev–Trinajstić information content (AvgIpc) is 2.79. The van der Waals surface area contributed by atoms with Crippen molar-refractivity contribution in [3.8, 4) is 0 Å². The number of ether oxygens (including phenoxy) is 1. The molecule has 0 amide bonds. The van der Waals surface area contributed by atoms with Gasteiger partial charge in [0, 0.05) is 11.3 Å². The Bertz CT molecular complexity index is 664. The quantitative estimate of drug-likeness (QED) is 0.844. The van der Waals surface area contributed by atoms with Gasteiger partial charge in [0.1, 0.15) is 11.5 Å². The highest BCUT2D eigenvalue weighted by Crippen LogP contribution is 2.27. The molecule has 0 radical (unpaired) electrons. The SMILES string of the molecule is COC(=O)c1cc(NC(C)c2cc(C)oc2C)ccc1Cl. The number of hydrogen-bond donors (Lipinski definition) is 1. The molecule has 2 aromatic rings. The summed E-state index contributed by atoms with van der Waals surface area (Å²) in [4.78, 5) is 11.7. The summed E-state index contributed by atoms with van der Waals surface area (Å²) in [5.74, 6) is 1.31. The van der Waals surface area contributed by atoms with Crippen LogP contribution in [0.25, 0.3) is 0 Å². The molecule has 1 aromatic heterocycles. The van der Waals surface area contributed by atoms with Crippen molar-refractivity contribution in [3.05, 3.63) is 51.9 Å². The van der Waals surface area contributed by atoms with Crippen LogP contribution in [-0.4, -0.2) is 13.1 Å². The summed E-state index contributed by atoms with van der Waals surface area (Å²) in [6.45, 7) is 5.88. The van der Waals surface area contributed by atoms with Gasteiger partial charge in [0.25, 0.3) is 0 Å². The van der Waals surface area contributed by atoms with Crippen molar-refractivity contribution in [1.82, 2.24) is 0 Å². The molecule has 2 rings (SSSR count). The Labute approximate surface area is 129 Å². The van der Waals surface area contributed by atoms with Crippen molar-refractivity contribution in [1.29, 1.82) is 0 Å². The first-order valence-corrected chi connectivity index (χ1v) is 7.01. The highest BCUT2D eigenvalue weighted by Gasteiger charge is 2.15. The minimum absolute atomic E-state index is 0.0501. The van der Waals surface area contributed by atoms with Crippen LogP contribution in [0.1, 0.15) is 40.4 Å². The zero-order valence-corrected chi connectivity index (χ0v) is 13.2. The fourth-order valence-electron chi connectivity index (χ4n) is 2.29. The monoisotopic (exact) mass is 307 g/mol. The Morgan fingerprint density at radius 1 is 1.33 bits per heavy atom. The van der Waals surface area contributed by atoms with Crippen molar-refractivity contribution in [3.63, 3.8) is 0 Å². The molecular formula is C16H18ClNO3. The van der Waals surface area contributed by atoms with E-state index in [0.29, 0.717) is 10.6 Å². The number of halogens is 1. The summed E-state index contributed by atoms with van der Waals surface area (Å²) in [6, 6.07) is 7.25. The number of rotatable bonds is 4. The van der Waals surface area contributed by atoms with E-state index in [4.69, 9.17) is 20.8 Å². The summed E-state index contributed by atoms with van der Waals surface area (Å²) in [5, 5.41) is 3.70. The molecule has 1 unspecified atom stereocenters. The van der Waals surface area contributed by atoms with Gasteiger partial charge in [0.05, 0.1) is 23.7 Å². The van der Waals surface area contributed by atoms with Gasteiger partial charge in [0.2, 0.25) is 0 Å². The fourth-order valence-corrected chi connectivity index (χ4v) is 2.48. The van der Waals surface area contributed by atoms with Gasteiger partial charge in [-0.25, -0.2) is 4.79 Å².